The molecule has 1 fully saturated rings. The summed E-state index contributed by atoms with van der Waals surface area (Å²) < 4.78 is 38.6. The van der Waals surface area contributed by atoms with E-state index in [1.54, 1.807) is 38.4 Å². The highest BCUT2D eigenvalue weighted by molar-refractivity contribution is 7.89. The number of rotatable bonds is 6. The number of hydrogen-bond acceptors (Lipinski definition) is 6. The van der Waals surface area contributed by atoms with Gasteiger partial charge in [-0.05, 0) is 43.2 Å². The summed E-state index contributed by atoms with van der Waals surface area (Å²) >= 11 is 0. The highest BCUT2D eigenvalue weighted by Crippen LogP contribution is 2.28. The van der Waals surface area contributed by atoms with Crippen molar-refractivity contribution >= 4 is 27.6 Å². The molecule has 0 spiro atoms. The van der Waals surface area contributed by atoms with Crippen molar-refractivity contribution in [1.82, 2.24) is 8.87 Å². The molecule has 0 radical (unpaired) electrons. The van der Waals surface area contributed by atoms with E-state index in [4.69, 9.17) is 4.74 Å². The van der Waals surface area contributed by atoms with E-state index in [0.717, 1.165) is 0 Å². The quantitative estimate of drug-likeness (QED) is 0.710. The fraction of sp³-hybridized carbons (Fsp3) is 0.368. The molecule has 1 aliphatic rings. The third kappa shape index (κ3) is 4.13. The SMILES string of the molecule is COC(=O)c1cc(S(=O)(=O)N2CCCC2C(=O)Nc2ccc(OC)cc2)cn1C. The van der Waals surface area contributed by atoms with Gasteiger partial charge in [0.15, 0.2) is 0 Å². The molecule has 1 aromatic heterocycles. The summed E-state index contributed by atoms with van der Waals surface area (Å²) in [5.41, 5.74) is 0.664. The fourth-order valence-electron chi connectivity index (χ4n) is 3.31. The van der Waals surface area contributed by atoms with Crippen LogP contribution in [0, 0.1) is 0 Å². The lowest BCUT2D eigenvalue weighted by molar-refractivity contribution is -0.119. The topological polar surface area (TPSA) is 107 Å². The molecule has 0 saturated carbocycles. The number of sulfonamides is 1. The second-order valence-electron chi connectivity index (χ2n) is 6.66. The highest BCUT2D eigenvalue weighted by atomic mass is 32.2. The number of amides is 1. The van der Waals surface area contributed by atoms with Crippen LogP contribution in [-0.2, 0) is 26.6 Å². The van der Waals surface area contributed by atoms with Gasteiger partial charge in [0.05, 0.1) is 14.2 Å². The van der Waals surface area contributed by atoms with Crippen molar-refractivity contribution < 1.29 is 27.5 Å². The van der Waals surface area contributed by atoms with Crippen LogP contribution in [-0.4, -0.2) is 56.0 Å². The molecular weight excluding hydrogens is 398 g/mol. The van der Waals surface area contributed by atoms with E-state index in [1.165, 1.54) is 28.2 Å². The predicted octanol–water partition coefficient (Wildman–Crippen LogP) is 1.61. The minimum Gasteiger partial charge on any atom is -0.497 e. The lowest BCUT2D eigenvalue weighted by Crippen LogP contribution is -2.43. The first-order valence-corrected chi connectivity index (χ1v) is 10.4. The monoisotopic (exact) mass is 421 g/mol. The second-order valence-corrected chi connectivity index (χ2v) is 8.55. The van der Waals surface area contributed by atoms with Gasteiger partial charge in [0.25, 0.3) is 0 Å². The number of nitrogens with one attached hydrogen (secondary N) is 1. The molecule has 1 amide bonds. The molecule has 0 bridgehead atoms. The Kier molecular flexibility index (Phi) is 5.94. The van der Waals surface area contributed by atoms with Crippen molar-refractivity contribution in [2.24, 2.45) is 7.05 Å². The maximum Gasteiger partial charge on any atom is 0.354 e. The van der Waals surface area contributed by atoms with E-state index in [2.05, 4.69) is 10.1 Å². The Balaban J connectivity index is 1.81. The average Bonchev–Trinajstić information content (AvgIpc) is 3.35. The Morgan fingerprint density at radius 3 is 2.48 bits per heavy atom. The van der Waals surface area contributed by atoms with Crippen molar-refractivity contribution in [2.45, 2.75) is 23.8 Å². The van der Waals surface area contributed by atoms with E-state index in [0.29, 0.717) is 24.3 Å². The van der Waals surface area contributed by atoms with Gasteiger partial charge in [-0.25, -0.2) is 13.2 Å². The van der Waals surface area contributed by atoms with Gasteiger partial charge in [-0.15, -0.1) is 0 Å². The van der Waals surface area contributed by atoms with E-state index < -0.39 is 27.9 Å². The summed E-state index contributed by atoms with van der Waals surface area (Å²) in [7, 11) is 0.375. The molecule has 10 heteroatoms. The van der Waals surface area contributed by atoms with Gasteiger partial charge < -0.3 is 19.4 Å². The highest BCUT2D eigenvalue weighted by Gasteiger charge is 2.40. The van der Waals surface area contributed by atoms with E-state index >= 15 is 0 Å². The molecule has 0 aliphatic carbocycles. The first-order chi connectivity index (χ1) is 13.8. The molecule has 3 rings (SSSR count). The number of carbonyl (C=O) groups is 2. The number of carbonyl (C=O) groups excluding carboxylic acids is 2. The van der Waals surface area contributed by atoms with Crippen molar-refractivity contribution in [3.63, 3.8) is 0 Å². The molecule has 1 unspecified atom stereocenters. The van der Waals surface area contributed by atoms with Gasteiger partial charge in [0, 0.05) is 25.5 Å². The standard InChI is InChI=1S/C19H23N3O6S/c1-21-12-15(11-17(21)19(24)28-3)29(25,26)22-10-4-5-16(22)18(23)20-13-6-8-14(27-2)9-7-13/h6-9,11-12,16H,4-5,10H2,1-3H3,(H,20,23). The first kappa shape index (κ1) is 20.9. The summed E-state index contributed by atoms with van der Waals surface area (Å²) in [6.07, 6.45) is 2.33. The Morgan fingerprint density at radius 2 is 1.86 bits per heavy atom. The number of nitrogens with zero attached hydrogens (tertiary/aromatic N) is 2. The Labute approximate surface area is 169 Å². The molecule has 1 atom stereocenters. The van der Waals surface area contributed by atoms with Gasteiger partial charge in [0.2, 0.25) is 15.9 Å². The third-order valence-electron chi connectivity index (χ3n) is 4.84. The summed E-state index contributed by atoms with van der Waals surface area (Å²) in [5.74, 6) is -0.386. The van der Waals surface area contributed by atoms with Gasteiger partial charge in [-0.3, -0.25) is 4.79 Å². The summed E-state index contributed by atoms with van der Waals surface area (Å²) in [4.78, 5) is 24.5. The first-order valence-electron chi connectivity index (χ1n) is 8.99. The number of esters is 1. The van der Waals surface area contributed by atoms with Crippen LogP contribution in [0.2, 0.25) is 0 Å². The fourth-order valence-corrected chi connectivity index (χ4v) is 5.04. The predicted molar refractivity (Wildman–Crippen MR) is 105 cm³/mol. The molecule has 1 aromatic carbocycles. The van der Waals surface area contributed by atoms with Crippen LogP contribution in [0.4, 0.5) is 5.69 Å². The van der Waals surface area contributed by atoms with E-state index in [-0.39, 0.29) is 17.1 Å². The third-order valence-corrected chi connectivity index (χ3v) is 6.72. The van der Waals surface area contributed by atoms with Crippen molar-refractivity contribution in [3.05, 3.63) is 42.2 Å². The number of aromatic nitrogens is 1. The second kappa shape index (κ2) is 8.26. The zero-order chi connectivity index (χ0) is 21.2. The molecule has 1 N–H and O–H groups in total. The number of ether oxygens (including phenoxy) is 2. The van der Waals surface area contributed by atoms with Crippen molar-refractivity contribution in [2.75, 3.05) is 26.1 Å². The van der Waals surface area contributed by atoms with E-state index in [9.17, 15) is 18.0 Å². The number of benzene rings is 1. The zero-order valence-electron chi connectivity index (χ0n) is 16.4. The lowest BCUT2D eigenvalue weighted by atomic mass is 10.2. The number of hydrogen-bond donors (Lipinski definition) is 1. The van der Waals surface area contributed by atoms with Gasteiger partial charge in [-0.2, -0.15) is 4.31 Å². The molecule has 2 aromatic rings. The Hall–Kier alpha value is -2.85. The smallest absolute Gasteiger partial charge is 0.354 e. The molecule has 1 saturated heterocycles. The minimum absolute atomic E-state index is 0.0513. The summed E-state index contributed by atoms with van der Waals surface area (Å²) in [6.45, 7) is 0.228. The molecule has 9 nitrogen and oxygen atoms in total. The van der Waals surface area contributed by atoms with Crippen LogP contribution < -0.4 is 10.1 Å². The van der Waals surface area contributed by atoms with Crippen LogP contribution in [0.1, 0.15) is 23.3 Å². The maximum atomic E-state index is 13.1. The molecule has 2 heterocycles. The zero-order valence-corrected chi connectivity index (χ0v) is 17.2. The molecule has 29 heavy (non-hydrogen) atoms. The molecular formula is C19H23N3O6S. The van der Waals surface area contributed by atoms with Gasteiger partial charge in [0.1, 0.15) is 22.4 Å². The van der Waals surface area contributed by atoms with Gasteiger partial charge in [-0.1, -0.05) is 0 Å². The van der Waals surface area contributed by atoms with E-state index in [1.807, 2.05) is 0 Å². The van der Waals surface area contributed by atoms with Crippen LogP contribution in [0.5, 0.6) is 5.75 Å². The van der Waals surface area contributed by atoms with Crippen LogP contribution in [0.15, 0.2) is 41.4 Å². The van der Waals surface area contributed by atoms with Gasteiger partial charge >= 0.3 is 5.97 Å². The molecule has 156 valence electrons. The van der Waals surface area contributed by atoms with Crippen LogP contribution >= 0.6 is 0 Å². The normalized spacial score (nSPS) is 17.1. The Bertz CT molecular complexity index is 1010. The largest absolute Gasteiger partial charge is 0.497 e. The number of methoxy groups -OCH3 is 2. The van der Waals surface area contributed by atoms with Crippen molar-refractivity contribution in [3.8, 4) is 5.75 Å². The lowest BCUT2D eigenvalue weighted by Gasteiger charge is -2.23. The summed E-state index contributed by atoms with van der Waals surface area (Å²) in [6, 6.07) is 7.21. The summed E-state index contributed by atoms with van der Waals surface area (Å²) in [5, 5.41) is 2.75. The molecule has 1 aliphatic heterocycles. The minimum atomic E-state index is -3.96. The van der Waals surface area contributed by atoms with Crippen LogP contribution in [0.25, 0.3) is 0 Å². The van der Waals surface area contributed by atoms with Crippen molar-refractivity contribution in [1.29, 1.82) is 0 Å². The Morgan fingerprint density at radius 1 is 1.17 bits per heavy atom. The maximum absolute atomic E-state index is 13.1. The van der Waals surface area contributed by atoms with Crippen LogP contribution in [0.3, 0.4) is 0 Å². The number of aryl methyl sites for hydroxylation is 1. The average molecular weight is 421 g/mol. The number of anilines is 1.